The van der Waals surface area contributed by atoms with Crippen LogP contribution in [-0.4, -0.2) is 41.6 Å². The van der Waals surface area contributed by atoms with E-state index in [-0.39, 0.29) is 39.9 Å². The summed E-state index contributed by atoms with van der Waals surface area (Å²) >= 11 is 11.7. The fraction of sp³-hybridized carbons (Fsp3) is 0.385. The monoisotopic (exact) mass is 317 g/mol. The van der Waals surface area contributed by atoms with Crippen LogP contribution >= 0.6 is 23.2 Å². The summed E-state index contributed by atoms with van der Waals surface area (Å²) in [6, 6.07) is 2.88. The van der Waals surface area contributed by atoms with Crippen LogP contribution in [0.1, 0.15) is 23.2 Å². The molecule has 1 aromatic rings. The highest BCUT2D eigenvalue weighted by Gasteiger charge is 2.30. The Morgan fingerprint density at radius 2 is 2.05 bits per heavy atom. The van der Waals surface area contributed by atoms with Crippen LogP contribution in [0.2, 0.25) is 10.0 Å². The molecule has 0 unspecified atom stereocenters. The first-order valence-electron chi connectivity index (χ1n) is 6.01. The van der Waals surface area contributed by atoms with Gasteiger partial charge in [-0.25, -0.2) is 4.79 Å². The predicted octanol–water partition coefficient (Wildman–Crippen LogP) is 2.69. The van der Waals surface area contributed by atoms with Gasteiger partial charge in [0.1, 0.15) is 5.56 Å². The molecule has 0 heterocycles. The molecule has 20 heavy (non-hydrogen) atoms. The number of benzene rings is 1. The molecule has 0 atom stereocenters. The van der Waals surface area contributed by atoms with E-state index in [4.69, 9.17) is 33.0 Å². The van der Waals surface area contributed by atoms with Gasteiger partial charge in [-0.1, -0.05) is 23.2 Å². The first-order valence-corrected chi connectivity index (χ1v) is 6.76. The number of ether oxygens (including phenoxy) is 1. The van der Waals surface area contributed by atoms with Crippen molar-refractivity contribution in [2.24, 2.45) is 0 Å². The van der Waals surface area contributed by atoms with Gasteiger partial charge in [0.25, 0.3) is 5.91 Å². The zero-order valence-electron chi connectivity index (χ0n) is 10.7. The lowest BCUT2D eigenvalue weighted by molar-refractivity contribution is -0.132. The third-order valence-corrected chi connectivity index (χ3v) is 3.57. The Labute approximate surface area is 126 Å². The van der Waals surface area contributed by atoms with Gasteiger partial charge in [-0.2, -0.15) is 0 Å². The molecule has 0 aromatic heterocycles. The average Bonchev–Trinajstić information content (AvgIpc) is 3.19. The topological polar surface area (TPSA) is 66.8 Å². The summed E-state index contributed by atoms with van der Waals surface area (Å²) in [7, 11) is 1.70. The second-order valence-electron chi connectivity index (χ2n) is 4.59. The Balaban J connectivity index is 2.12. The van der Waals surface area contributed by atoms with Gasteiger partial charge >= 0.3 is 5.97 Å². The summed E-state index contributed by atoms with van der Waals surface area (Å²) in [5.74, 6) is -1.47. The van der Waals surface area contributed by atoms with Crippen molar-refractivity contribution in [1.29, 1.82) is 0 Å². The Morgan fingerprint density at radius 3 is 2.60 bits per heavy atom. The standard InChI is InChI=1S/C13H13Cl2NO4/c1-16(8-2-3-8)11(17)6-20-12-9(13(18)19)4-7(14)5-10(12)15/h4-5,8H,2-3,6H2,1H3,(H,18,19). The van der Waals surface area contributed by atoms with E-state index in [9.17, 15) is 9.59 Å². The smallest absolute Gasteiger partial charge is 0.339 e. The number of hydrogen-bond acceptors (Lipinski definition) is 3. The van der Waals surface area contributed by atoms with E-state index in [2.05, 4.69) is 0 Å². The molecule has 1 N–H and O–H groups in total. The van der Waals surface area contributed by atoms with Gasteiger partial charge in [-0.3, -0.25) is 4.79 Å². The Morgan fingerprint density at radius 1 is 1.40 bits per heavy atom. The van der Waals surface area contributed by atoms with E-state index in [1.54, 1.807) is 11.9 Å². The van der Waals surface area contributed by atoms with Crippen molar-refractivity contribution >= 4 is 35.1 Å². The van der Waals surface area contributed by atoms with Gasteiger partial charge in [0.2, 0.25) is 0 Å². The number of nitrogens with zero attached hydrogens (tertiary/aromatic N) is 1. The molecule has 2 rings (SSSR count). The van der Waals surface area contributed by atoms with Gasteiger partial charge in [0, 0.05) is 18.1 Å². The molecule has 0 spiro atoms. The van der Waals surface area contributed by atoms with Gasteiger partial charge in [0.05, 0.1) is 5.02 Å². The summed E-state index contributed by atoms with van der Waals surface area (Å²) in [6.07, 6.45) is 1.98. The van der Waals surface area contributed by atoms with Gasteiger partial charge in [0.15, 0.2) is 12.4 Å². The molecule has 7 heteroatoms. The van der Waals surface area contributed by atoms with Crippen molar-refractivity contribution in [3.8, 4) is 5.75 Å². The SMILES string of the molecule is CN(C(=O)COc1c(Cl)cc(Cl)cc1C(=O)O)C1CC1. The van der Waals surface area contributed by atoms with E-state index in [0.29, 0.717) is 0 Å². The molecule has 0 radical (unpaired) electrons. The van der Waals surface area contributed by atoms with Crippen molar-refractivity contribution < 1.29 is 19.4 Å². The van der Waals surface area contributed by atoms with Crippen LogP contribution in [0.25, 0.3) is 0 Å². The molecule has 1 aliphatic carbocycles. The van der Waals surface area contributed by atoms with E-state index >= 15 is 0 Å². The maximum atomic E-state index is 11.8. The van der Waals surface area contributed by atoms with Crippen molar-refractivity contribution in [3.05, 3.63) is 27.7 Å². The number of carbonyl (C=O) groups excluding carboxylic acids is 1. The largest absolute Gasteiger partial charge is 0.481 e. The van der Waals surface area contributed by atoms with E-state index in [0.717, 1.165) is 12.8 Å². The summed E-state index contributed by atoms with van der Waals surface area (Å²) in [6.45, 7) is -0.255. The van der Waals surface area contributed by atoms with Gasteiger partial charge in [-0.05, 0) is 25.0 Å². The molecule has 0 saturated heterocycles. The summed E-state index contributed by atoms with van der Waals surface area (Å²) in [5, 5.41) is 9.36. The summed E-state index contributed by atoms with van der Waals surface area (Å²) < 4.78 is 5.28. The molecular formula is C13H13Cl2NO4. The number of rotatable bonds is 5. The van der Waals surface area contributed by atoms with Crippen LogP contribution in [0.4, 0.5) is 0 Å². The Bertz CT molecular complexity index is 558. The quantitative estimate of drug-likeness (QED) is 0.906. The number of carboxylic acid groups (broad SMARTS) is 1. The Hall–Kier alpha value is -1.46. The van der Waals surface area contributed by atoms with E-state index < -0.39 is 5.97 Å². The van der Waals surface area contributed by atoms with Crippen LogP contribution < -0.4 is 4.74 Å². The number of carboxylic acids is 1. The average molecular weight is 318 g/mol. The zero-order valence-corrected chi connectivity index (χ0v) is 12.2. The molecule has 1 amide bonds. The molecule has 0 bridgehead atoms. The van der Waals surface area contributed by atoms with Crippen molar-refractivity contribution in [2.75, 3.05) is 13.7 Å². The first-order chi connectivity index (χ1) is 9.40. The molecule has 1 saturated carbocycles. The molecule has 108 valence electrons. The van der Waals surface area contributed by atoms with Crippen LogP contribution in [0.3, 0.4) is 0 Å². The fourth-order valence-corrected chi connectivity index (χ4v) is 2.32. The molecular weight excluding hydrogens is 305 g/mol. The third kappa shape index (κ3) is 3.35. The maximum Gasteiger partial charge on any atom is 0.339 e. The number of aromatic carboxylic acids is 1. The second kappa shape index (κ2) is 5.89. The highest BCUT2D eigenvalue weighted by Crippen LogP contribution is 2.33. The minimum atomic E-state index is -1.22. The molecule has 1 fully saturated rings. The van der Waals surface area contributed by atoms with Crippen molar-refractivity contribution in [3.63, 3.8) is 0 Å². The normalized spacial score (nSPS) is 13.9. The third-order valence-electron chi connectivity index (χ3n) is 3.07. The fourth-order valence-electron chi connectivity index (χ4n) is 1.77. The molecule has 1 aromatic carbocycles. The van der Waals surface area contributed by atoms with Crippen molar-refractivity contribution in [1.82, 2.24) is 4.90 Å². The van der Waals surface area contributed by atoms with Crippen LogP contribution in [0.15, 0.2) is 12.1 Å². The highest BCUT2D eigenvalue weighted by molar-refractivity contribution is 6.36. The molecule has 5 nitrogen and oxygen atoms in total. The van der Waals surface area contributed by atoms with Crippen LogP contribution in [0, 0.1) is 0 Å². The zero-order chi connectivity index (χ0) is 14.9. The van der Waals surface area contributed by atoms with E-state index in [1.807, 2.05) is 0 Å². The summed E-state index contributed by atoms with van der Waals surface area (Å²) in [5.41, 5.74) is -0.163. The number of halogens is 2. The maximum absolute atomic E-state index is 11.8. The lowest BCUT2D eigenvalue weighted by Gasteiger charge is -2.17. The Kier molecular flexibility index (Phi) is 4.40. The lowest BCUT2D eigenvalue weighted by Crippen LogP contribution is -2.33. The number of likely N-dealkylation sites (N-methyl/N-ethyl adjacent to an activating group) is 1. The first kappa shape index (κ1) is 14.9. The van der Waals surface area contributed by atoms with Gasteiger partial charge < -0.3 is 14.7 Å². The molecule has 0 aliphatic heterocycles. The van der Waals surface area contributed by atoms with Crippen molar-refractivity contribution in [2.45, 2.75) is 18.9 Å². The minimum absolute atomic E-state index is 0.0406. The highest BCUT2D eigenvalue weighted by atomic mass is 35.5. The second-order valence-corrected chi connectivity index (χ2v) is 5.44. The minimum Gasteiger partial charge on any atom is -0.481 e. The number of carbonyl (C=O) groups is 2. The number of hydrogen-bond donors (Lipinski definition) is 1. The lowest BCUT2D eigenvalue weighted by atomic mass is 10.2. The van der Waals surface area contributed by atoms with Gasteiger partial charge in [-0.15, -0.1) is 0 Å². The number of amides is 1. The van der Waals surface area contributed by atoms with Crippen LogP contribution in [-0.2, 0) is 4.79 Å². The summed E-state index contributed by atoms with van der Waals surface area (Å²) in [4.78, 5) is 24.6. The predicted molar refractivity (Wildman–Crippen MR) is 74.7 cm³/mol. The van der Waals surface area contributed by atoms with E-state index in [1.165, 1.54) is 12.1 Å². The molecule has 1 aliphatic rings. The van der Waals surface area contributed by atoms with Crippen LogP contribution in [0.5, 0.6) is 5.75 Å².